The molecule has 10 rings (SSSR count). The molecule has 266 valence electrons. The summed E-state index contributed by atoms with van der Waals surface area (Å²) in [5.41, 5.74) is 9.12. The Bertz CT molecular complexity index is 2940. The molecule has 2 atom stereocenters. The molecule has 2 aliphatic rings. The van der Waals surface area contributed by atoms with E-state index in [1.165, 1.54) is 25.2 Å². The van der Waals surface area contributed by atoms with E-state index in [0.29, 0.717) is 17.5 Å². The summed E-state index contributed by atoms with van der Waals surface area (Å²) in [5.74, 6) is 2.63. The van der Waals surface area contributed by atoms with Gasteiger partial charge in [0.15, 0.2) is 23.3 Å². The van der Waals surface area contributed by atoms with E-state index in [4.69, 9.17) is 24.9 Å². The van der Waals surface area contributed by atoms with Crippen LogP contribution in [-0.2, 0) is 0 Å². The number of hydrogen-bond donors (Lipinski definition) is 0. The fourth-order valence-electron chi connectivity index (χ4n) is 7.41. The lowest BCUT2D eigenvalue weighted by atomic mass is 9.95. The van der Waals surface area contributed by atoms with Gasteiger partial charge in [-0.25, -0.2) is 19.9 Å². The first kappa shape index (κ1) is 34.0. The van der Waals surface area contributed by atoms with E-state index in [-0.39, 0.29) is 11.3 Å². The van der Waals surface area contributed by atoms with Gasteiger partial charge in [-0.3, -0.25) is 4.99 Å². The molecule has 0 aliphatic carbocycles. The van der Waals surface area contributed by atoms with Crippen molar-refractivity contribution in [1.82, 2.24) is 15.0 Å². The van der Waals surface area contributed by atoms with E-state index >= 15 is 0 Å². The van der Waals surface area contributed by atoms with Gasteiger partial charge < -0.3 is 0 Å². The van der Waals surface area contributed by atoms with Crippen molar-refractivity contribution in [2.75, 3.05) is 0 Å². The van der Waals surface area contributed by atoms with Crippen LogP contribution in [0, 0.1) is 0 Å². The average molecular weight is 756 g/mol. The minimum Gasteiger partial charge on any atom is -0.256 e. The Morgan fingerprint density at radius 3 is 2.02 bits per heavy atom. The van der Waals surface area contributed by atoms with Crippen LogP contribution in [0.15, 0.2) is 197 Å². The molecule has 0 spiro atoms. The minimum absolute atomic E-state index is 0.0277. The number of aliphatic imine (C=N–C) groups is 2. The molecule has 2 aliphatic heterocycles. The van der Waals surface area contributed by atoms with Crippen molar-refractivity contribution in [3.63, 3.8) is 0 Å². The van der Waals surface area contributed by atoms with Gasteiger partial charge in [-0.2, -0.15) is 0 Å². The third-order valence-corrected chi connectivity index (χ3v) is 12.7. The number of hydrogen-bond acceptors (Lipinski definition) is 7. The van der Waals surface area contributed by atoms with Crippen molar-refractivity contribution in [1.29, 1.82) is 0 Å². The maximum Gasteiger partial charge on any atom is 0.164 e. The van der Waals surface area contributed by atoms with Crippen molar-refractivity contribution >= 4 is 54.8 Å². The Labute approximate surface area is 333 Å². The number of thiophene rings is 1. The Morgan fingerprint density at radius 1 is 0.571 bits per heavy atom. The zero-order chi connectivity index (χ0) is 37.6. The zero-order valence-electron chi connectivity index (χ0n) is 30.2. The molecule has 0 saturated carbocycles. The van der Waals surface area contributed by atoms with E-state index in [1.54, 1.807) is 17.4 Å². The molecule has 0 saturated heterocycles. The van der Waals surface area contributed by atoms with Crippen molar-refractivity contribution in [3.8, 4) is 45.3 Å². The van der Waals surface area contributed by atoms with Crippen LogP contribution in [0.2, 0.25) is 0 Å². The molecule has 0 radical (unpaired) electrons. The Hall–Kier alpha value is -6.54. The number of benzene rings is 6. The van der Waals surface area contributed by atoms with E-state index in [9.17, 15) is 0 Å². The van der Waals surface area contributed by atoms with Gasteiger partial charge in [0, 0.05) is 47.3 Å². The van der Waals surface area contributed by atoms with Gasteiger partial charge in [0.25, 0.3) is 0 Å². The molecule has 8 aromatic rings. The highest BCUT2D eigenvalue weighted by molar-refractivity contribution is 8.01. The fraction of sp³-hybridized carbons (Fsp3) is 0.0408. The standard InChI is InChI=1S/C49H33N5S2/c1-3-4-14-30(2)43-45-44(38-21-11-12-22-40(38)56-45)51-47(50-43)36-23-25-37-39-28-35(24-26-41(39)55-42(37)29-36)49-53-46(32-17-9-6-10-18-32)52-48(54-49)34-20-13-19-33(27-34)31-15-7-5-8-16-31/h3-29,44-45H,1-2H2/b14-4-. The second kappa shape index (κ2) is 14.3. The number of aromatic nitrogens is 3. The summed E-state index contributed by atoms with van der Waals surface area (Å²) in [4.78, 5) is 26.8. The highest BCUT2D eigenvalue weighted by Gasteiger charge is 2.40. The summed E-state index contributed by atoms with van der Waals surface area (Å²) >= 11 is 3.59. The summed E-state index contributed by atoms with van der Waals surface area (Å²) in [6, 6.07) is 50.5. The van der Waals surface area contributed by atoms with Crippen LogP contribution in [0.3, 0.4) is 0 Å². The number of allylic oxidation sites excluding steroid dienone is 4. The Balaban J connectivity index is 1.05. The van der Waals surface area contributed by atoms with Crippen molar-refractivity contribution in [3.05, 3.63) is 194 Å². The monoisotopic (exact) mass is 755 g/mol. The van der Waals surface area contributed by atoms with Gasteiger partial charge in [-0.1, -0.05) is 141 Å². The molecular weight excluding hydrogens is 723 g/mol. The molecule has 7 heteroatoms. The third kappa shape index (κ3) is 6.21. The number of rotatable bonds is 8. The number of amidine groups is 1. The first-order valence-corrected chi connectivity index (χ1v) is 20.1. The summed E-state index contributed by atoms with van der Waals surface area (Å²) in [6.45, 7) is 8.24. The van der Waals surface area contributed by atoms with Crippen LogP contribution in [0.5, 0.6) is 0 Å². The van der Waals surface area contributed by atoms with E-state index in [2.05, 4.69) is 122 Å². The second-order valence-electron chi connectivity index (χ2n) is 13.7. The van der Waals surface area contributed by atoms with E-state index in [0.717, 1.165) is 55.9 Å². The highest BCUT2D eigenvalue weighted by Crippen LogP contribution is 2.49. The molecular formula is C49H33N5S2. The van der Waals surface area contributed by atoms with Crippen LogP contribution >= 0.6 is 23.1 Å². The van der Waals surface area contributed by atoms with Crippen LogP contribution in [0.1, 0.15) is 17.2 Å². The first-order valence-electron chi connectivity index (χ1n) is 18.4. The molecule has 2 unspecified atom stereocenters. The third-order valence-electron chi connectivity index (χ3n) is 10.2. The fourth-order valence-corrected chi connectivity index (χ4v) is 9.95. The molecule has 2 aromatic heterocycles. The maximum absolute atomic E-state index is 5.28. The molecule has 6 aromatic carbocycles. The van der Waals surface area contributed by atoms with E-state index in [1.807, 2.05) is 60.3 Å². The lowest BCUT2D eigenvalue weighted by Gasteiger charge is -2.24. The summed E-state index contributed by atoms with van der Waals surface area (Å²) < 4.78 is 2.36. The maximum atomic E-state index is 5.28. The smallest absolute Gasteiger partial charge is 0.164 e. The second-order valence-corrected chi connectivity index (χ2v) is 16.0. The zero-order valence-corrected chi connectivity index (χ0v) is 31.8. The highest BCUT2D eigenvalue weighted by atomic mass is 32.2. The Kier molecular flexibility index (Phi) is 8.66. The molecule has 4 heterocycles. The van der Waals surface area contributed by atoms with Gasteiger partial charge in [0.05, 0.1) is 17.0 Å². The number of thioether (sulfide) groups is 1. The summed E-state index contributed by atoms with van der Waals surface area (Å²) in [6.07, 6.45) is 5.67. The largest absolute Gasteiger partial charge is 0.256 e. The van der Waals surface area contributed by atoms with Crippen molar-refractivity contribution in [2.24, 2.45) is 9.98 Å². The average Bonchev–Trinajstić information content (AvgIpc) is 3.83. The topological polar surface area (TPSA) is 63.4 Å². The molecule has 56 heavy (non-hydrogen) atoms. The van der Waals surface area contributed by atoms with Crippen molar-refractivity contribution < 1.29 is 0 Å². The van der Waals surface area contributed by atoms with Gasteiger partial charge >= 0.3 is 0 Å². The predicted octanol–water partition coefficient (Wildman–Crippen LogP) is 12.6. The summed E-state index contributed by atoms with van der Waals surface area (Å²) in [5, 5.41) is 2.40. The minimum atomic E-state index is -0.0277. The first-order chi connectivity index (χ1) is 27.6. The van der Waals surface area contributed by atoms with Gasteiger partial charge in [0.2, 0.25) is 0 Å². The molecule has 5 nitrogen and oxygen atoms in total. The quantitative estimate of drug-likeness (QED) is 0.145. The predicted molar refractivity (Wildman–Crippen MR) is 236 cm³/mol. The van der Waals surface area contributed by atoms with Crippen LogP contribution in [-0.4, -0.2) is 31.7 Å². The molecule has 0 fully saturated rings. The lowest BCUT2D eigenvalue weighted by Crippen LogP contribution is -2.28. The van der Waals surface area contributed by atoms with E-state index < -0.39 is 0 Å². The van der Waals surface area contributed by atoms with Crippen LogP contribution in [0.4, 0.5) is 0 Å². The molecule has 0 amide bonds. The molecule has 0 bridgehead atoms. The van der Waals surface area contributed by atoms with Crippen LogP contribution in [0.25, 0.3) is 65.5 Å². The van der Waals surface area contributed by atoms with Crippen LogP contribution < -0.4 is 0 Å². The molecule has 0 N–H and O–H groups in total. The van der Waals surface area contributed by atoms with Crippen molar-refractivity contribution in [2.45, 2.75) is 16.2 Å². The van der Waals surface area contributed by atoms with Gasteiger partial charge in [-0.05, 0) is 58.7 Å². The summed E-state index contributed by atoms with van der Waals surface area (Å²) in [7, 11) is 0. The number of fused-ring (bicyclic) bond motifs is 6. The normalized spacial score (nSPS) is 16.1. The van der Waals surface area contributed by atoms with Gasteiger partial charge in [-0.15, -0.1) is 23.1 Å². The Morgan fingerprint density at radius 2 is 1.23 bits per heavy atom. The van der Waals surface area contributed by atoms with Gasteiger partial charge in [0.1, 0.15) is 0 Å². The number of nitrogens with zero attached hydrogens (tertiary/aromatic N) is 5. The lowest BCUT2D eigenvalue weighted by molar-refractivity contribution is 0.773. The SMILES string of the molecule is C=C/C=C\C(=C)C1=NC(c2ccc3c(c2)sc2ccc(-c4nc(-c5ccccc5)nc(-c5cccc(-c6ccccc6)c5)n4)cc23)=NC2c3ccccc3SC12.